The summed E-state index contributed by atoms with van der Waals surface area (Å²) < 4.78 is 0. The lowest BCUT2D eigenvalue weighted by Gasteiger charge is -2.06. The lowest BCUT2D eigenvalue weighted by molar-refractivity contribution is 0.227. The number of rotatable bonds is 3. The summed E-state index contributed by atoms with van der Waals surface area (Å²) in [4.78, 5) is 22.2. The molecule has 0 aliphatic rings. The molecule has 5 heteroatoms. The Bertz CT molecular complexity index is 352. The van der Waals surface area contributed by atoms with Gasteiger partial charge in [0.15, 0.2) is 0 Å². The molecule has 0 saturated carbocycles. The van der Waals surface area contributed by atoms with E-state index in [9.17, 15) is 9.59 Å². The summed E-state index contributed by atoms with van der Waals surface area (Å²) >= 11 is 0. The van der Waals surface area contributed by atoms with Crippen LogP contribution in [0.2, 0.25) is 0 Å². The summed E-state index contributed by atoms with van der Waals surface area (Å²) in [7, 11) is 0. The van der Waals surface area contributed by atoms with E-state index in [4.69, 9.17) is 0 Å². The van der Waals surface area contributed by atoms with Gasteiger partial charge in [-0.05, 0) is 12.5 Å². The Labute approximate surface area is 94.2 Å². The summed E-state index contributed by atoms with van der Waals surface area (Å²) in [5.41, 5.74) is 0.980. The van der Waals surface area contributed by atoms with E-state index in [1.165, 1.54) is 0 Å². The van der Waals surface area contributed by atoms with Gasteiger partial charge in [-0.1, -0.05) is 30.3 Å². The highest BCUT2D eigenvalue weighted by Crippen LogP contribution is 1.96. The van der Waals surface area contributed by atoms with Crippen LogP contribution in [0, 0.1) is 0 Å². The topological polar surface area (TPSA) is 70.2 Å². The summed E-state index contributed by atoms with van der Waals surface area (Å²) in [6, 6.07) is 8.47. The summed E-state index contributed by atoms with van der Waals surface area (Å²) in [5.74, 6) is 0. The minimum Gasteiger partial charge on any atom is -0.338 e. The van der Waals surface area contributed by atoms with Gasteiger partial charge in [0.05, 0.1) is 0 Å². The van der Waals surface area contributed by atoms with E-state index >= 15 is 0 Å². The van der Waals surface area contributed by atoms with Crippen molar-refractivity contribution >= 4 is 12.1 Å². The predicted molar refractivity (Wildman–Crippen MR) is 60.9 cm³/mol. The van der Waals surface area contributed by atoms with E-state index in [1.54, 1.807) is 6.92 Å². The van der Waals surface area contributed by atoms with Gasteiger partial charge in [-0.2, -0.15) is 0 Å². The number of carbonyl (C=O) groups is 2. The van der Waals surface area contributed by atoms with Crippen molar-refractivity contribution in [1.82, 2.24) is 16.0 Å². The molecule has 1 aromatic rings. The van der Waals surface area contributed by atoms with E-state index in [0.717, 1.165) is 5.56 Å². The number of hydrogen-bond acceptors (Lipinski definition) is 2. The van der Waals surface area contributed by atoms with Gasteiger partial charge in [0.25, 0.3) is 0 Å². The van der Waals surface area contributed by atoms with Crippen molar-refractivity contribution < 1.29 is 9.59 Å². The van der Waals surface area contributed by atoms with Gasteiger partial charge in [-0.15, -0.1) is 0 Å². The second kappa shape index (κ2) is 6.44. The van der Waals surface area contributed by atoms with Gasteiger partial charge in [0, 0.05) is 13.1 Å². The maximum Gasteiger partial charge on any atom is 0.323 e. The number of benzene rings is 1. The largest absolute Gasteiger partial charge is 0.338 e. The van der Waals surface area contributed by atoms with Crippen molar-refractivity contribution in [3.05, 3.63) is 35.9 Å². The van der Waals surface area contributed by atoms with E-state index < -0.39 is 12.1 Å². The molecule has 0 aliphatic carbocycles. The monoisotopic (exact) mass is 221 g/mol. The third kappa shape index (κ3) is 4.45. The highest BCUT2D eigenvalue weighted by Gasteiger charge is 2.04. The summed E-state index contributed by atoms with van der Waals surface area (Å²) in [5, 5.41) is 7.19. The molecule has 86 valence electrons. The molecule has 0 aromatic heterocycles. The number of carbonyl (C=O) groups excluding carboxylic acids is 2. The predicted octanol–water partition coefficient (Wildman–Crippen LogP) is 1.22. The van der Waals surface area contributed by atoms with E-state index in [2.05, 4.69) is 16.0 Å². The lowest BCUT2D eigenvalue weighted by Crippen LogP contribution is -2.44. The molecule has 0 atom stereocenters. The van der Waals surface area contributed by atoms with Crippen LogP contribution in [0.15, 0.2) is 30.3 Å². The van der Waals surface area contributed by atoms with E-state index in [0.29, 0.717) is 13.1 Å². The van der Waals surface area contributed by atoms with Gasteiger partial charge >= 0.3 is 12.1 Å². The number of nitrogens with one attached hydrogen (secondary N) is 3. The van der Waals surface area contributed by atoms with Crippen LogP contribution in [-0.4, -0.2) is 18.6 Å². The molecule has 0 unspecified atom stereocenters. The average molecular weight is 221 g/mol. The van der Waals surface area contributed by atoms with Crippen molar-refractivity contribution in [2.24, 2.45) is 0 Å². The normalized spacial score (nSPS) is 9.31. The first-order chi connectivity index (χ1) is 7.72. The fourth-order valence-corrected chi connectivity index (χ4v) is 1.13. The molecule has 3 N–H and O–H groups in total. The minimum atomic E-state index is -0.505. The molecule has 0 saturated heterocycles. The smallest absolute Gasteiger partial charge is 0.323 e. The third-order valence-electron chi connectivity index (χ3n) is 1.86. The second-order valence-corrected chi connectivity index (χ2v) is 3.15. The molecule has 1 aromatic carbocycles. The van der Waals surface area contributed by atoms with Gasteiger partial charge < -0.3 is 10.6 Å². The Morgan fingerprint density at radius 1 is 1.06 bits per heavy atom. The number of urea groups is 2. The maximum absolute atomic E-state index is 11.2. The number of amides is 4. The first kappa shape index (κ1) is 12.0. The highest BCUT2D eigenvalue weighted by atomic mass is 16.2. The van der Waals surface area contributed by atoms with Crippen molar-refractivity contribution in [2.45, 2.75) is 13.5 Å². The summed E-state index contributed by atoms with van der Waals surface area (Å²) in [6.45, 7) is 2.66. The zero-order chi connectivity index (χ0) is 11.8. The van der Waals surface area contributed by atoms with Crippen LogP contribution >= 0.6 is 0 Å². The fraction of sp³-hybridized carbons (Fsp3) is 0.273. The van der Waals surface area contributed by atoms with Crippen LogP contribution < -0.4 is 16.0 Å². The number of imide groups is 1. The van der Waals surface area contributed by atoms with Crippen LogP contribution in [-0.2, 0) is 6.54 Å². The highest BCUT2D eigenvalue weighted by molar-refractivity contribution is 5.93. The molecule has 1 rings (SSSR count). The molecule has 0 aliphatic heterocycles. The van der Waals surface area contributed by atoms with Gasteiger partial charge in [0.1, 0.15) is 0 Å². The Hall–Kier alpha value is -2.04. The molecule has 16 heavy (non-hydrogen) atoms. The van der Waals surface area contributed by atoms with Crippen molar-refractivity contribution in [3.63, 3.8) is 0 Å². The Morgan fingerprint density at radius 3 is 2.31 bits per heavy atom. The molecule has 0 heterocycles. The fourth-order valence-electron chi connectivity index (χ4n) is 1.13. The van der Waals surface area contributed by atoms with Gasteiger partial charge in [-0.25, -0.2) is 9.59 Å². The second-order valence-electron chi connectivity index (χ2n) is 3.15. The van der Waals surface area contributed by atoms with Crippen LogP contribution in [0.5, 0.6) is 0 Å². The van der Waals surface area contributed by atoms with Crippen molar-refractivity contribution in [2.75, 3.05) is 6.54 Å². The Morgan fingerprint density at radius 2 is 1.69 bits per heavy atom. The molecule has 0 bridgehead atoms. The van der Waals surface area contributed by atoms with Gasteiger partial charge in [-0.3, -0.25) is 5.32 Å². The quantitative estimate of drug-likeness (QED) is 0.718. The standard InChI is InChI=1S/C11H15N3O2/c1-2-12-10(15)14-11(16)13-8-9-6-4-3-5-7-9/h3-7H,2,8H2,1H3,(H3,12,13,14,15,16). The maximum atomic E-state index is 11.2. The first-order valence-electron chi connectivity index (χ1n) is 5.09. The Balaban J connectivity index is 2.28. The van der Waals surface area contributed by atoms with E-state index in [1.807, 2.05) is 30.3 Å². The SMILES string of the molecule is CCNC(=O)NC(=O)NCc1ccccc1. The zero-order valence-corrected chi connectivity index (χ0v) is 9.12. The van der Waals surface area contributed by atoms with E-state index in [-0.39, 0.29) is 0 Å². The van der Waals surface area contributed by atoms with Crippen molar-refractivity contribution in [1.29, 1.82) is 0 Å². The molecule has 0 spiro atoms. The van der Waals surface area contributed by atoms with Crippen LogP contribution in [0.4, 0.5) is 9.59 Å². The van der Waals surface area contributed by atoms with Crippen LogP contribution in [0.3, 0.4) is 0 Å². The van der Waals surface area contributed by atoms with Crippen LogP contribution in [0.25, 0.3) is 0 Å². The molecule has 0 radical (unpaired) electrons. The minimum absolute atomic E-state index is 0.395. The lowest BCUT2D eigenvalue weighted by atomic mass is 10.2. The van der Waals surface area contributed by atoms with Gasteiger partial charge in [0.2, 0.25) is 0 Å². The molecule has 4 amide bonds. The molecular formula is C11H15N3O2. The van der Waals surface area contributed by atoms with Crippen molar-refractivity contribution in [3.8, 4) is 0 Å². The third-order valence-corrected chi connectivity index (χ3v) is 1.86. The molecule has 5 nitrogen and oxygen atoms in total. The van der Waals surface area contributed by atoms with Crippen LogP contribution in [0.1, 0.15) is 12.5 Å². The zero-order valence-electron chi connectivity index (χ0n) is 9.12. The molecular weight excluding hydrogens is 206 g/mol. The number of hydrogen-bond donors (Lipinski definition) is 3. The first-order valence-corrected chi connectivity index (χ1v) is 5.09. The molecule has 0 fully saturated rings. The Kier molecular flexibility index (Phi) is 4.85. The summed E-state index contributed by atoms with van der Waals surface area (Å²) in [6.07, 6.45) is 0. The average Bonchev–Trinajstić information content (AvgIpc) is 2.28.